The molecule has 5 nitrogen and oxygen atoms in total. The number of ether oxygens (including phenoxy) is 1. The standard InChI is InChI=1S/C11H14N2O3/c1-2-16-11(15)10-9(12)8-6(13-10)4-3-5-7(8)14/h13H,2-5,12H2,1H3. The lowest BCUT2D eigenvalue weighted by molar-refractivity contribution is 0.0521. The normalized spacial score (nSPS) is 14.7. The Kier molecular flexibility index (Phi) is 2.68. The van der Waals surface area contributed by atoms with Crippen LogP contribution in [0.1, 0.15) is 46.3 Å². The highest BCUT2D eigenvalue weighted by Gasteiger charge is 2.27. The van der Waals surface area contributed by atoms with Gasteiger partial charge in [0.25, 0.3) is 0 Å². The van der Waals surface area contributed by atoms with Gasteiger partial charge in [0, 0.05) is 12.1 Å². The van der Waals surface area contributed by atoms with Crippen LogP contribution < -0.4 is 5.73 Å². The molecule has 1 aliphatic rings. The molecule has 0 aliphatic heterocycles. The first-order valence-corrected chi connectivity index (χ1v) is 5.35. The molecular formula is C11H14N2O3. The fourth-order valence-corrected chi connectivity index (χ4v) is 1.99. The Morgan fingerprint density at radius 1 is 1.50 bits per heavy atom. The zero-order valence-corrected chi connectivity index (χ0v) is 9.13. The van der Waals surface area contributed by atoms with Gasteiger partial charge < -0.3 is 15.5 Å². The fourth-order valence-electron chi connectivity index (χ4n) is 1.99. The van der Waals surface area contributed by atoms with Gasteiger partial charge in [-0.05, 0) is 19.8 Å². The average molecular weight is 222 g/mol. The molecule has 0 fully saturated rings. The fraction of sp³-hybridized carbons (Fsp3) is 0.455. The molecule has 0 saturated heterocycles. The molecule has 3 N–H and O–H groups in total. The average Bonchev–Trinajstić information content (AvgIpc) is 2.58. The number of nitrogens with one attached hydrogen (secondary N) is 1. The third kappa shape index (κ3) is 1.58. The maximum atomic E-state index is 11.6. The summed E-state index contributed by atoms with van der Waals surface area (Å²) in [6.07, 6.45) is 2.05. The smallest absolute Gasteiger partial charge is 0.356 e. The molecule has 0 spiro atoms. The number of ketones is 1. The maximum absolute atomic E-state index is 11.6. The van der Waals surface area contributed by atoms with Gasteiger partial charge in [-0.3, -0.25) is 4.79 Å². The van der Waals surface area contributed by atoms with Crippen LogP contribution in [-0.2, 0) is 11.2 Å². The van der Waals surface area contributed by atoms with Crippen molar-refractivity contribution in [3.63, 3.8) is 0 Å². The minimum atomic E-state index is -0.498. The van der Waals surface area contributed by atoms with Crippen molar-refractivity contribution in [3.05, 3.63) is 17.0 Å². The van der Waals surface area contributed by atoms with Crippen LogP contribution in [0, 0.1) is 0 Å². The van der Waals surface area contributed by atoms with Gasteiger partial charge in [0.1, 0.15) is 5.69 Å². The second-order valence-electron chi connectivity index (χ2n) is 3.76. The summed E-state index contributed by atoms with van der Waals surface area (Å²) in [5.41, 5.74) is 7.48. The van der Waals surface area contributed by atoms with Crippen molar-refractivity contribution in [1.82, 2.24) is 4.98 Å². The zero-order chi connectivity index (χ0) is 11.7. The molecule has 0 radical (unpaired) electrons. The summed E-state index contributed by atoms with van der Waals surface area (Å²) in [4.78, 5) is 26.1. The van der Waals surface area contributed by atoms with E-state index < -0.39 is 5.97 Å². The molecule has 0 unspecified atom stereocenters. The van der Waals surface area contributed by atoms with Crippen LogP contribution in [0.25, 0.3) is 0 Å². The predicted molar refractivity (Wildman–Crippen MR) is 58.4 cm³/mol. The molecule has 16 heavy (non-hydrogen) atoms. The number of carbonyl (C=O) groups excluding carboxylic acids is 2. The van der Waals surface area contributed by atoms with Gasteiger partial charge in [-0.1, -0.05) is 0 Å². The summed E-state index contributed by atoms with van der Waals surface area (Å²) in [5, 5.41) is 0. The number of nitrogen functional groups attached to an aromatic ring is 1. The Balaban J connectivity index is 2.42. The van der Waals surface area contributed by atoms with Crippen LogP contribution in [0.2, 0.25) is 0 Å². The van der Waals surface area contributed by atoms with Crippen LogP contribution in [-0.4, -0.2) is 23.3 Å². The molecule has 2 rings (SSSR count). The topological polar surface area (TPSA) is 85.2 Å². The van der Waals surface area contributed by atoms with E-state index >= 15 is 0 Å². The number of aromatic amines is 1. The quantitative estimate of drug-likeness (QED) is 0.738. The summed E-state index contributed by atoms with van der Waals surface area (Å²) in [5.74, 6) is -0.493. The second-order valence-corrected chi connectivity index (χ2v) is 3.76. The number of H-pyrrole nitrogens is 1. The van der Waals surface area contributed by atoms with Crippen LogP contribution in [0.5, 0.6) is 0 Å². The van der Waals surface area contributed by atoms with Crippen molar-refractivity contribution in [2.45, 2.75) is 26.2 Å². The van der Waals surface area contributed by atoms with E-state index in [4.69, 9.17) is 10.5 Å². The largest absolute Gasteiger partial charge is 0.461 e. The molecule has 5 heteroatoms. The lowest BCUT2D eigenvalue weighted by Gasteiger charge is -2.09. The molecule has 86 valence electrons. The Hall–Kier alpha value is -1.78. The molecule has 0 bridgehead atoms. The van der Waals surface area contributed by atoms with Gasteiger partial charge in [-0.2, -0.15) is 0 Å². The van der Waals surface area contributed by atoms with Gasteiger partial charge in [0.2, 0.25) is 0 Å². The van der Waals surface area contributed by atoms with E-state index in [0.717, 1.165) is 18.5 Å². The van der Waals surface area contributed by atoms with E-state index in [1.807, 2.05) is 0 Å². The van der Waals surface area contributed by atoms with Crippen LogP contribution in [0.15, 0.2) is 0 Å². The number of aromatic nitrogens is 1. The number of Topliss-reactive ketones (excluding diaryl/α,β-unsaturated/α-hetero) is 1. The number of aryl methyl sites for hydroxylation is 1. The summed E-state index contributed by atoms with van der Waals surface area (Å²) in [7, 11) is 0. The molecule has 1 aromatic heterocycles. The maximum Gasteiger partial charge on any atom is 0.356 e. The first-order valence-electron chi connectivity index (χ1n) is 5.35. The van der Waals surface area contributed by atoms with Crippen LogP contribution in [0.3, 0.4) is 0 Å². The highest BCUT2D eigenvalue weighted by molar-refractivity contribution is 6.08. The first-order chi connectivity index (χ1) is 7.65. The molecule has 0 amide bonds. The van der Waals surface area contributed by atoms with E-state index in [-0.39, 0.29) is 23.8 Å². The highest BCUT2D eigenvalue weighted by atomic mass is 16.5. The SMILES string of the molecule is CCOC(=O)c1[nH]c2c(c1N)C(=O)CCC2. The van der Waals surface area contributed by atoms with Gasteiger partial charge in [-0.15, -0.1) is 0 Å². The molecule has 0 saturated carbocycles. The van der Waals surface area contributed by atoms with Crippen LogP contribution >= 0.6 is 0 Å². The minimum Gasteiger partial charge on any atom is -0.461 e. The number of anilines is 1. The Morgan fingerprint density at radius 2 is 2.25 bits per heavy atom. The van der Waals surface area contributed by atoms with Crippen molar-refractivity contribution in [3.8, 4) is 0 Å². The van der Waals surface area contributed by atoms with E-state index in [0.29, 0.717) is 12.0 Å². The third-order valence-corrected chi connectivity index (χ3v) is 2.71. The van der Waals surface area contributed by atoms with Gasteiger partial charge in [0.05, 0.1) is 17.9 Å². The lowest BCUT2D eigenvalue weighted by Crippen LogP contribution is -2.11. The monoisotopic (exact) mass is 222 g/mol. The second kappa shape index (κ2) is 4.00. The molecule has 1 aromatic rings. The van der Waals surface area contributed by atoms with Crippen molar-refractivity contribution in [2.75, 3.05) is 12.3 Å². The van der Waals surface area contributed by atoms with Crippen molar-refractivity contribution < 1.29 is 14.3 Å². The van der Waals surface area contributed by atoms with E-state index in [9.17, 15) is 9.59 Å². The van der Waals surface area contributed by atoms with Gasteiger partial charge >= 0.3 is 5.97 Å². The minimum absolute atomic E-state index is 0.00514. The summed E-state index contributed by atoms with van der Waals surface area (Å²) >= 11 is 0. The number of esters is 1. The number of fused-ring (bicyclic) bond motifs is 1. The van der Waals surface area contributed by atoms with Crippen molar-refractivity contribution in [1.29, 1.82) is 0 Å². The summed E-state index contributed by atoms with van der Waals surface area (Å²) in [6.45, 7) is 2.01. The van der Waals surface area contributed by atoms with Gasteiger partial charge in [-0.25, -0.2) is 4.79 Å². The molecular weight excluding hydrogens is 208 g/mol. The number of hydrogen-bond acceptors (Lipinski definition) is 4. The van der Waals surface area contributed by atoms with E-state index in [2.05, 4.69) is 4.98 Å². The molecule has 1 aliphatic carbocycles. The predicted octanol–water partition coefficient (Wildman–Crippen LogP) is 1.29. The Labute approximate surface area is 93.0 Å². The number of carbonyl (C=O) groups is 2. The van der Waals surface area contributed by atoms with Crippen molar-refractivity contribution in [2.24, 2.45) is 0 Å². The van der Waals surface area contributed by atoms with Crippen LogP contribution in [0.4, 0.5) is 5.69 Å². The van der Waals surface area contributed by atoms with Gasteiger partial charge in [0.15, 0.2) is 5.78 Å². The third-order valence-electron chi connectivity index (χ3n) is 2.71. The Morgan fingerprint density at radius 3 is 2.88 bits per heavy atom. The summed E-state index contributed by atoms with van der Waals surface area (Å²) in [6, 6.07) is 0. The van der Waals surface area contributed by atoms with E-state index in [1.54, 1.807) is 6.92 Å². The number of nitrogens with two attached hydrogens (primary N) is 1. The van der Waals surface area contributed by atoms with Crippen molar-refractivity contribution >= 4 is 17.4 Å². The molecule has 1 heterocycles. The lowest BCUT2D eigenvalue weighted by atomic mass is 9.95. The molecule has 0 atom stereocenters. The van der Waals surface area contributed by atoms with E-state index in [1.165, 1.54) is 0 Å². The zero-order valence-electron chi connectivity index (χ0n) is 9.13. The number of hydrogen-bond donors (Lipinski definition) is 2. The highest BCUT2D eigenvalue weighted by Crippen LogP contribution is 2.29. The number of rotatable bonds is 2. The Bertz CT molecular complexity index is 448. The summed E-state index contributed by atoms with van der Waals surface area (Å²) < 4.78 is 4.86. The molecule has 0 aromatic carbocycles. The first kappa shape index (κ1) is 10.7.